The van der Waals surface area contributed by atoms with Crippen LogP contribution in [0.5, 0.6) is 0 Å². The number of aryl methyl sites for hydroxylation is 1. The summed E-state index contributed by atoms with van der Waals surface area (Å²) in [6.07, 6.45) is 0.932. The molecule has 0 radical (unpaired) electrons. The van der Waals surface area contributed by atoms with Crippen molar-refractivity contribution in [2.24, 2.45) is 4.99 Å². The van der Waals surface area contributed by atoms with Crippen molar-refractivity contribution < 1.29 is 4.79 Å². The molecule has 6 heteroatoms. The first-order valence-corrected chi connectivity index (χ1v) is 8.42. The summed E-state index contributed by atoms with van der Waals surface area (Å²) in [4.78, 5) is 16.0. The van der Waals surface area contributed by atoms with Crippen molar-refractivity contribution in [2.45, 2.75) is 40.0 Å². The lowest BCUT2D eigenvalue weighted by atomic mass is 10.0. The van der Waals surface area contributed by atoms with Crippen molar-refractivity contribution in [1.82, 2.24) is 16.0 Å². The summed E-state index contributed by atoms with van der Waals surface area (Å²) in [6, 6.07) is 8.57. The lowest BCUT2D eigenvalue weighted by molar-refractivity contribution is -0.119. The Kier molecular flexibility index (Phi) is 12.3. The summed E-state index contributed by atoms with van der Waals surface area (Å²) in [6.45, 7) is 10.7. The minimum absolute atomic E-state index is 0. The van der Waals surface area contributed by atoms with Gasteiger partial charge in [-0.05, 0) is 31.7 Å². The topological polar surface area (TPSA) is 65.5 Å². The van der Waals surface area contributed by atoms with E-state index in [1.807, 2.05) is 13.8 Å². The van der Waals surface area contributed by atoms with Crippen LogP contribution in [0, 0.1) is 6.92 Å². The van der Waals surface area contributed by atoms with Crippen LogP contribution in [0.4, 0.5) is 0 Å². The molecule has 0 heterocycles. The molecule has 0 spiro atoms. The van der Waals surface area contributed by atoms with Gasteiger partial charge in [-0.25, -0.2) is 4.99 Å². The van der Waals surface area contributed by atoms with Crippen LogP contribution in [0.25, 0.3) is 0 Å². The van der Waals surface area contributed by atoms with Crippen molar-refractivity contribution in [3.63, 3.8) is 0 Å². The lowest BCUT2D eigenvalue weighted by Gasteiger charge is -2.16. The number of halogens is 1. The Morgan fingerprint density at radius 1 is 1.12 bits per heavy atom. The van der Waals surface area contributed by atoms with E-state index >= 15 is 0 Å². The first-order chi connectivity index (χ1) is 11.1. The fraction of sp³-hybridized carbons (Fsp3) is 0.556. The molecule has 1 amide bonds. The summed E-state index contributed by atoms with van der Waals surface area (Å²) in [5.41, 5.74) is 2.56. The molecule has 1 atom stereocenters. The van der Waals surface area contributed by atoms with Crippen LogP contribution in [0.1, 0.15) is 44.2 Å². The normalized spacial score (nSPS) is 12.1. The van der Waals surface area contributed by atoms with Gasteiger partial charge in [0.15, 0.2) is 5.96 Å². The highest BCUT2D eigenvalue weighted by molar-refractivity contribution is 14.0. The van der Waals surface area contributed by atoms with E-state index in [2.05, 4.69) is 59.1 Å². The van der Waals surface area contributed by atoms with E-state index in [4.69, 9.17) is 0 Å². The molecule has 0 aromatic heterocycles. The number of carbonyl (C=O) groups excluding carboxylic acids is 1. The van der Waals surface area contributed by atoms with Gasteiger partial charge in [0.25, 0.3) is 0 Å². The van der Waals surface area contributed by atoms with E-state index in [1.54, 1.807) is 0 Å². The van der Waals surface area contributed by atoms with Gasteiger partial charge in [0, 0.05) is 19.6 Å². The predicted molar refractivity (Wildman–Crippen MR) is 112 cm³/mol. The second-order valence-corrected chi connectivity index (χ2v) is 5.74. The zero-order chi connectivity index (χ0) is 17.1. The number of amides is 1. The molecule has 0 aliphatic rings. The maximum atomic E-state index is 11.6. The number of rotatable bonds is 8. The van der Waals surface area contributed by atoms with Crippen molar-refractivity contribution in [1.29, 1.82) is 0 Å². The molecule has 24 heavy (non-hydrogen) atoms. The Morgan fingerprint density at radius 2 is 1.79 bits per heavy atom. The van der Waals surface area contributed by atoms with Gasteiger partial charge in [-0.1, -0.05) is 43.7 Å². The Balaban J connectivity index is 0.00000529. The van der Waals surface area contributed by atoms with E-state index in [-0.39, 0.29) is 36.4 Å². The number of guanidine groups is 1. The highest BCUT2D eigenvalue weighted by Crippen LogP contribution is 2.14. The third kappa shape index (κ3) is 9.10. The molecule has 1 unspecified atom stereocenters. The highest BCUT2D eigenvalue weighted by Gasteiger charge is 2.07. The lowest BCUT2D eigenvalue weighted by Crippen LogP contribution is -2.40. The zero-order valence-corrected chi connectivity index (χ0v) is 17.5. The Bertz CT molecular complexity index is 502. The summed E-state index contributed by atoms with van der Waals surface area (Å²) in [7, 11) is 0. The molecular weight excluding hydrogens is 415 g/mol. The Labute approximate surface area is 163 Å². The van der Waals surface area contributed by atoms with Gasteiger partial charge in [0.1, 0.15) is 6.54 Å². The molecule has 0 aliphatic carbocycles. The summed E-state index contributed by atoms with van der Waals surface area (Å²) >= 11 is 0. The van der Waals surface area contributed by atoms with Gasteiger partial charge in [-0.15, -0.1) is 24.0 Å². The van der Waals surface area contributed by atoms with Gasteiger partial charge in [0.05, 0.1) is 0 Å². The SMILES string of the molecule is CCCNC(=O)CN=C(NCC)NCC(C)c1ccc(C)cc1.I. The monoisotopic (exact) mass is 446 g/mol. The van der Waals surface area contributed by atoms with Crippen LogP contribution in [-0.2, 0) is 4.79 Å². The molecule has 0 saturated carbocycles. The van der Waals surface area contributed by atoms with Gasteiger partial charge < -0.3 is 16.0 Å². The van der Waals surface area contributed by atoms with Crippen LogP contribution in [-0.4, -0.2) is 38.0 Å². The number of benzene rings is 1. The standard InChI is InChI=1S/C18H30N4O.HI/c1-5-11-20-17(23)13-22-18(19-6-2)21-12-15(4)16-9-7-14(3)8-10-16;/h7-10,15H,5-6,11-13H2,1-4H3,(H,20,23)(H2,19,21,22);1H. The number of carbonyl (C=O) groups is 1. The average Bonchev–Trinajstić information content (AvgIpc) is 2.55. The number of aliphatic imine (C=N–C) groups is 1. The minimum Gasteiger partial charge on any atom is -0.357 e. The van der Waals surface area contributed by atoms with Crippen LogP contribution in [0.2, 0.25) is 0 Å². The van der Waals surface area contributed by atoms with Crippen LogP contribution in [0.3, 0.4) is 0 Å². The quantitative estimate of drug-likeness (QED) is 0.327. The van der Waals surface area contributed by atoms with Crippen molar-refractivity contribution in [3.05, 3.63) is 35.4 Å². The number of nitrogens with zero attached hydrogens (tertiary/aromatic N) is 1. The van der Waals surface area contributed by atoms with Crippen molar-refractivity contribution in [2.75, 3.05) is 26.2 Å². The fourth-order valence-corrected chi connectivity index (χ4v) is 2.08. The second kappa shape index (κ2) is 13.0. The number of nitrogens with one attached hydrogen (secondary N) is 3. The molecule has 0 fully saturated rings. The molecule has 0 saturated heterocycles. The largest absolute Gasteiger partial charge is 0.357 e. The summed E-state index contributed by atoms with van der Waals surface area (Å²) in [5.74, 6) is 1.00. The van der Waals surface area contributed by atoms with Crippen LogP contribution >= 0.6 is 24.0 Å². The van der Waals surface area contributed by atoms with Gasteiger partial charge >= 0.3 is 0 Å². The second-order valence-electron chi connectivity index (χ2n) is 5.74. The maximum absolute atomic E-state index is 11.6. The van der Waals surface area contributed by atoms with E-state index in [1.165, 1.54) is 11.1 Å². The van der Waals surface area contributed by atoms with Gasteiger partial charge in [-0.2, -0.15) is 0 Å². The van der Waals surface area contributed by atoms with E-state index in [9.17, 15) is 4.79 Å². The van der Waals surface area contributed by atoms with E-state index < -0.39 is 0 Å². The molecule has 0 bridgehead atoms. The summed E-state index contributed by atoms with van der Waals surface area (Å²) < 4.78 is 0. The van der Waals surface area contributed by atoms with Crippen molar-refractivity contribution in [3.8, 4) is 0 Å². The minimum atomic E-state index is -0.0457. The number of hydrogen-bond donors (Lipinski definition) is 3. The third-order valence-electron chi connectivity index (χ3n) is 3.52. The Hall–Kier alpha value is -1.31. The molecule has 0 aliphatic heterocycles. The van der Waals surface area contributed by atoms with Crippen molar-refractivity contribution >= 4 is 35.8 Å². The first kappa shape index (κ1) is 22.7. The molecular formula is C18H31IN4O. The average molecular weight is 446 g/mol. The third-order valence-corrected chi connectivity index (χ3v) is 3.52. The molecule has 136 valence electrons. The van der Waals surface area contributed by atoms with Gasteiger partial charge in [0.2, 0.25) is 5.91 Å². The van der Waals surface area contributed by atoms with E-state index in [0.29, 0.717) is 18.4 Å². The fourth-order valence-electron chi connectivity index (χ4n) is 2.08. The zero-order valence-electron chi connectivity index (χ0n) is 15.2. The Morgan fingerprint density at radius 3 is 2.38 bits per heavy atom. The van der Waals surface area contributed by atoms with E-state index in [0.717, 1.165) is 19.5 Å². The molecule has 1 aromatic carbocycles. The van der Waals surface area contributed by atoms with Crippen LogP contribution in [0.15, 0.2) is 29.3 Å². The smallest absolute Gasteiger partial charge is 0.241 e. The first-order valence-electron chi connectivity index (χ1n) is 8.42. The molecule has 1 rings (SSSR count). The molecule has 1 aromatic rings. The molecule has 3 N–H and O–H groups in total. The van der Waals surface area contributed by atoms with Gasteiger partial charge in [-0.3, -0.25) is 4.79 Å². The highest BCUT2D eigenvalue weighted by atomic mass is 127. The maximum Gasteiger partial charge on any atom is 0.241 e. The van der Waals surface area contributed by atoms with Crippen LogP contribution < -0.4 is 16.0 Å². The molecule has 5 nitrogen and oxygen atoms in total. The number of hydrogen-bond acceptors (Lipinski definition) is 2. The summed E-state index contributed by atoms with van der Waals surface area (Å²) in [5, 5.41) is 9.30. The predicted octanol–water partition coefficient (Wildman–Crippen LogP) is 2.80.